The van der Waals surface area contributed by atoms with E-state index in [4.69, 9.17) is 0 Å². The molecule has 0 saturated heterocycles. The lowest BCUT2D eigenvalue weighted by Crippen LogP contribution is -2.15. The molecule has 0 atom stereocenters. The third-order valence-electron chi connectivity index (χ3n) is 3.08. The molecule has 0 radical (unpaired) electrons. The molecule has 22 heavy (non-hydrogen) atoms. The molecule has 0 fully saturated rings. The minimum absolute atomic E-state index is 0.161. The molecule has 0 saturated carbocycles. The standard InChI is InChI=1S/C15H17NO4S2/c1-3-4-11-5-7-12(8-6-11)22(18,19)16-14-10-21-9-13(14)15(17)20-2/h5-10,16H,3-4H2,1-2H3. The largest absolute Gasteiger partial charge is 0.465 e. The number of sulfonamides is 1. The zero-order chi connectivity index (χ0) is 16.2. The van der Waals surface area contributed by atoms with Crippen molar-refractivity contribution in [2.24, 2.45) is 0 Å². The van der Waals surface area contributed by atoms with Gasteiger partial charge in [-0.1, -0.05) is 25.5 Å². The van der Waals surface area contributed by atoms with Gasteiger partial charge in [0.15, 0.2) is 0 Å². The van der Waals surface area contributed by atoms with Crippen LogP contribution in [0, 0.1) is 0 Å². The smallest absolute Gasteiger partial charge is 0.340 e. The summed E-state index contributed by atoms with van der Waals surface area (Å²) in [5, 5.41) is 3.11. The van der Waals surface area contributed by atoms with Crippen molar-refractivity contribution in [1.82, 2.24) is 0 Å². The molecule has 0 bridgehead atoms. The summed E-state index contributed by atoms with van der Waals surface area (Å²) in [5.41, 5.74) is 1.53. The number of carbonyl (C=O) groups is 1. The summed E-state index contributed by atoms with van der Waals surface area (Å²) in [4.78, 5) is 11.7. The Labute approximate surface area is 134 Å². The molecule has 2 aromatic rings. The third kappa shape index (κ3) is 3.66. The number of hydrogen-bond donors (Lipinski definition) is 1. The fourth-order valence-electron chi connectivity index (χ4n) is 1.97. The Bertz CT molecular complexity index is 748. The van der Waals surface area contributed by atoms with Crippen molar-refractivity contribution in [1.29, 1.82) is 0 Å². The first-order valence-corrected chi connectivity index (χ1v) is 9.16. The zero-order valence-corrected chi connectivity index (χ0v) is 14.0. The number of ether oxygens (including phenoxy) is 1. The van der Waals surface area contributed by atoms with Gasteiger partial charge in [0.2, 0.25) is 0 Å². The maximum atomic E-state index is 12.4. The molecule has 0 aliphatic carbocycles. The summed E-state index contributed by atoms with van der Waals surface area (Å²) in [5.74, 6) is -0.572. The van der Waals surface area contributed by atoms with Crippen molar-refractivity contribution < 1.29 is 17.9 Å². The quantitative estimate of drug-likeness (QED) is 0.820. The van der Waals surface area contributed by atoms with Gasteiger partial charge in [0, 0.05) is 10.8 Å². The highest BCUT2D eigenvalue weighted by atomic mass is 32.2. The monoisotopic (exact) mass is 339 g/mol. The number of hydrogen-bond acceptors (Lipinski definition) is 5. The Morgan fingerprint density at radius 2 is 1.91 bits per heavy atom. The lowest BCUT2D eigenvalue weighted by atomic mass is 10.1. The molecule has 0 amide bonds. The van der Waals surface area contributed by atoms with Crippen LogP contribution < -0.4 is 4.72 Å². The number of esters is 1. The van der Waals surface area contributed by atoms with Gasteiger partial charge in [-0.3, -0.25) is 4.72 Å². The number of carbonyl (C=O) groups excluding carboxylic acids is 1. The second-order valence-electron chi connectivity index (χ2n) is 4.69. The van der Waals surface area contributed by atoms with Crippen LogP contribution in [0.15, 0.2) is 39.9 Å². The average molecular weight is 339 g/mol. The predicted octanol–water partition coefficient (Wildman–Crippen LogP) is 3.29. The fraction of sp³-hybridized carbons (Fsp3) is 0.267. The van der Waals surface area contributed by atoms with Crippen LogP contribution in [0.25, 0.3) is 0 Å². The Morgan fingerprint density at radius 1 is 1.23 bits per heavy atom. The summed E-state index contributed by atoms with van der Waals surface area (Å²) >= 11 is 1.23. The molecule has 0 spiro atoms. The van der Waals surface area contributed by atoms with Gasteiger partial charge in [-0.2, -0.15) is 0 Å². The second-order valence-corrected chi connectivity index (χ2v) is 7.12. The Kier molecular flexibility index (Phi) is 5.20. The van der Waals surface area contributed by atoms with Crippen molar-refractivity contribution >= 4 is 33.0 Å². The minimum Gasteiger partial charge on any atom is -0.465 e. The first-order chi connectivity index (χ1) is 10.5. The van der Waals surface area contributed by atoms with Gasteiger partial charge >= 0.3 is 5.97 Å². The summed E-state index contributed by atoms with van der Waals surface area (Å²) in [6, 6.07) is 6.73. The van der Waals surface area contributed by atoms with Gasteiger partial charge in [-0.05, 0) is 24.1 Å². The number of thiophene rings is 1. The third-order valence-corrected chi connectivity index (χ3v) is 5.21. The molecule has 0 aliphatic heterocycles. The zero-order valence-electron chi connectivity index (χ0n) is 12.3. The number of benzene rings is 1. The Balaban J connectivity index is 2.24. The van der Waals surface area contributed by atoms with Crippen LogP contribution in [0.3, 0.4) is 0 Å². The van der Waals surface area contributed by atoms with Crippen LogP contribution in [-0.4, -0.2) is 21.5 Å². The van der Waals surface area contributed by atoms with E-state index in [0.29, 0.717) is 0 Å². The van der Waals surface area contributed by atoms with E-state index in [1.165, 1.54) is 18.4 Å². The predicted molar refractivity (Wildman–Crippen MR) is 86.9 cm³/mol. The molecular weight excluding hydrogens is 322 g/mol. The number of rotatable bonds is 6. The van der Waals surface area contributed by atoms with E-state index in [9.17, 15) is 13.2 Å². The molecule has 0 aliphatic rings. The second kappa shape index (κ2) is 6.93. The maximum absolute atomic E-state index is 12.4. The molecule has 2 rings (SSSR count). The molecule has 7 heteroatoms. The van der Waals surface area contributed by atoms with Crippen molar-refractivity contribution in [2.75, 3.05) is 11.8 Å². The first kappa shape index (κ1) is 16.5. The van der Waals surface area contributed by atoms with Gasteiger partial charge in [-0.25, -0.2) is 13.2 Å². The molecule has 0 unspecified atom stereocenters. The molecule has 5 nitrogen and oxygen atoms in total. The number of methoxy groups -OCH3 is 1. The van der Waals surface area contributed by atoms with Crippen LogP contribution in [0.5, 0.6) is 0 Å². The lowest BCUT2D eigenvalue weighted by molar-refractivity contribution is 0.0602. The van der Waals surface area contributed by atoms with Crippen LogP contribution in [0.4, 0.5) is 5.69 Å². The van der Waals surface area contributed by atoms with Gasteiger partial charge in [0.1, 0.15) is 0 Å². The van der Waals surface area contributed by atoms with E-state index in [0.717, 1.165) is 18.4 Å². The van der Waals surface area contributed by atoms with Crippen LogP contribution in [0.2, 0.25) is 0 Å². The highest BCUT2D eigenvalue weighted by molar-refractivity contribution is 7.92. The summed E-state index contributed by atoms with van der Waals surface area (Å²) in [6.45, 7) is 2.07. The van der Waals surface area contributed by atoms with E-state index in [1.54, 1.807) is 35.0 Å². The number of nitrogens with one attached hydrogen (secondary N) is 1. The summed E-state index contributed by atoms with van der Waals surface area (Å²) in [7, 11) is -2.48. The highest BCUT2D eigenvalue weighted by Gasteiger charge is 2.19. The van der Waals surface area contributed by atoms with Gasteiger partial charge < -0.3 is 4.74 Å². The summed E-state index contributed by atoms with van der Waals surface area (Å²) < 4.78 is 31.8. The lowest BCUT2D eigenvalue weighted by Gasteiger charge is -2.09. The van der Waals surface area contributed by atoms with Crippen molar-refractivity contribution in [2.45, 2.75) is 24.7 Å². The van der Waals surface area contributed by atoms with E-state index < -0.39 is 16.0 Å². The van der Waals surface area contributed by atoms with E-state index in [1.807, 2.05) is 0 Å². The SMILES string of the molecule is CCCc1ccc(S(=O)(=O)Nc2cscc2C(=O)OC)cc1. The van der Waals surface area contributed by atoms with Gasteiger partial charge in [0.05, 0.1) is 23.3 Å². The number of aryl methyl sites for hydroxylation is 1. The molecule has 1 aromatic carbocycles. The normalized spacial score (nSPS) is 11.2. The number of anilines is 1. The average Bonchev–Trinajstić information content (AvgIpc) is 2.95. The molecular formula is C15H17NO4S2. The minimum atomic E-state index is -3.73. The van der Waals surface area contributed by atoms with Crippen LogP contribution >= 0.6 is 11.3 Å². The van der Waals surface area contributed by atoms with Gasteiger partial charge in [0.25, 0.3) is 10.0 Å². The van der Waals surface area contributed by atoms with Crippen LogP contribution in [0.1, 0.15) is 29.3 Å². The van der Waals surface area contributed by atoms with Crippen molar-refractivity contribution in [3.8, 4) is 0 Å². The van der Waals surface area contributed by atoms with Crippen molar-refractivity contribution in [3.63, 3.8) is 0 Å². The van der Waals surface area contributed by atoms with E-state index in [2.05, 4.69) is 16.4 Å². The van der Waals surface area contributed by atoms with Crippen LogP contribution in [-0.2, 0) is 21.2 Å². The van der Waals surface area contributed by atoms with E-state index >= 15 is 0 Å². The molecule has 1 N–H and O–H groups in total. The molecule has 118 valence electrons. The topological polar surface area (TPSA) is 72.5 Å². The summed E-state index contributed by atoms with van der Waals surface area (Å²) in [6.07, 6.45) is 1.91. The first-order valence-electron chi connectivity index (χ1n) is 6.74. The Morgan fingerprint density at radius 3 is 2.50 bits per heavy atom. The fourth-order valence-corrected chi connectivity index (χ4v) is 3.87. The Hall–Kier alpha value is -1.86. The molecule has 1 aromatic heterocycles. The highest BCUT2D eigenvalue weighted by Crippen LogP contribution is 2.25. The van der Waals surface area contributed by atoms with E-state index in [-0.39, 0.29) is 16.1 Å². The van der Waals surface area contributed by atoms with Gasteiger partial charge in [-0.15, -0.1) is 11.3 Å². The van der Waals surface area contributed by atoms with Crippen molar-refractivity contribution in [3.05, 3.63) is 46.2 Å². The maximum Gasteiger partial charge on any atom is 0.340 e. The molecule has 1 heterocycles.